The molecule has 16 heavy (non-hydrogen) atoms. The van der Waals surface area contributed by atoms with Gasteiger partial charge in [0.2, 0.25) is 0 Å². The van der Waals surface area contributed by atoms with Gasteiger partial charge in [0, 0.05) is 31.7 Å². The van der Waals surface area contributed by atoms with Crippen LogP contribution in [0, 0.1) is 5.92 Å². The number of fused-ring (bicyclic) bond motifs is 2. The van der Waals surface area contributed by atoms with Gasteiger partial charge in [-0.05, 0) is 38.0 Å². The molecule has 2 nitrogen and oxygen atoms in total. The number of hydrogen-bond donors (Lipinski definition) is 1. The van der Waals surface area contributed by atoms with Crippen LogP contribution in [0.4, 0.5) is 0 Å². The Labute approximate surface area is 99.8 Å². The average molecular weight is 222 g/mol. The van der Waals surface area contributed by atoms with E-state index >= 15 is 0 Å². The van der Waals surface area contributed by atoms with Crippen LogP contribution in [0.1, 0.15) is 51.4 Å². The van der Waals surface area contributed by atoms with Crippen molar-refractivity contribution in [1.82, 2.24) is 10.2 Å². The number of hydrogen-bond acceptors (Lipinski definition) is 2. The van der Waals surface area contributed by atoms with Gasteiger partial charge in [0.1, 0.15) is 0 Å². The molecular weight excluding hydrogens is 196 g/mol. The molecule has 92 valence electrons. The molecule has 0 spiro atoms. The van der Waals surface area contributed by atoms with Crippen LogP contribution in [-0.2, 0) is 0 Å². The van der Waals surface area contributed by atoms with Crippen molar-refractivity contribution in [3.05, 3.63) is 0 Å². The molecule has 3 aliphatic rings. The second-order valence-electron chi connectivity index (χ2n) is 6.12. The molecule has 3 rings (SSSR count). The van der Waals surface area contributed by atoms with Gasteiger partial charge >= 0.3 is 0 Å². The van der Waals surface area contributed by atoms with Gasteiger partial charge in [-0.1, -0.05) is 19.3 Å². The van der Waals surface area contributed by atoms with Crippen LogP contribution in [0.15, 0.2) is 0 Å². The van der Waals surface area contributed by atoms with Gasteiger partial charge in [-0.25, -0.2) is 0 Å². The van der Waals surface area contributed by atoms with Crippen molar-refractivity contribution >= 4 is 0 Å². The summed E-state index contributed by atoms with van der Waals surface area (Å²) in [6.45, 7) is 3.93. The highest BCUT2D eigenvalue weighted by Crippen LogP contribution is 2.36. The minimum Gasteiger partial charge on any atom is -0.313 e. The molecule has 1 aliphatic heterocycles. The summed E-state index contributed by atoms with van der Waals surface area (Å²) in [7, 11) is 0. The summed E-state index contributed by atoms with van der Waals surface area (Å²) in [5.74, 6) is 1.06. The van der Waals surface area contributed by atoms with Crippen LogP contribution in [-0.4, -0.2) is 36.6 Å². The molecule has 0 aromatic heterocycles. The first-order valence-electron chi connectivity index (χ1n) is 7.39. The topological polar surface area (TPSA) is 15.3 Å². The summed E-state index contributed by atoms with van der Waals surface area (Å²) in [4.78, 5) is 2.74. The smallest absolute Gasteiger partial charge is 0.0110 e. The number of piperidine rings is 1. The summed E-state index contributed by atoms with van der Waals surface area (Å²) in [6.07, 6.45) is 11.7. The zero-order valence-corrected chi connectivity index (χ0v) is 10.5. The predicted molar refractivity (Wildman–Crippen MR) is 67.6 cm³/mol. The lowest BCUT2D eigenvalue weighted by Gasteiger charge is -2.29. The Hall–Kier alpha value is -0.0800. The molecule has 0 aromatic rings. The first-order valence-corrected chi connectivity index (χ1v) is 7.39. The van der Waals surface area contributed by atoms with Gasteiger partial charge in [0.25, 0.3) is 0 Å². The molecule has 0 aromatic carbocycles. The Morgan fingerprint density at radius 1 is 1.00 bits per heavy atom. The highest BCUT2D eigenvalue weighted by Gasteiger charge is 2.37. The summed E-state index contributed by atoms with van der Waals surface area (Å²) in [5.41, 5.74) is 0. The fraction of sp³-hybridized carbons (Fsp3) is 1.00. The summed E-state index contributed by atoms with van der Waals surface area (Å²) in [6, 6.07) is 1.80. The van der Waals surface area contributed by atoms with E-state index in [1.807, 2.05) is 0 Å². The van der Waals surface area contributed by atoms with Crippen molar-refractivity contribution in [2.45, 2.75) is 63.5 Å². The molecular formula is C14H26N2. The molecule has 1 heterocycles. The largest absolute Gasteiger partial charge is 0.313 e. The van der Waals surface area contributed by atoms with Gasteiger partial charge in [0.15, 0.2) is 0 Å². The lowest BCUT2D eigenvalue weighted by atomic mass is 9.95. The zero-order valence-electron chi connectivity index (χ0n) is 10.5. The number of rotatable bonds is 4. The summed E-state index contributed by atoms with van der Waals surface area (Å²) < 4.78 is 0. The van der Waals surface area contributed by atoms with Gasteiger partial charge in [-0.2, -0.15) is 0 Å². The standard InChI is InChI=1S/C14H26N2/c1-2-4-13(5-3-1)15-8-9-16-11-12-6-7-14(16)10-12/h12-15H,1-11H2. The Bertz CT molecular complexity index is 223. The first-order chi connectivity index (χ1) is 7.92. The lowest BCUT2D eigenvalue weighted by molar-refractivity contribution is 0.208. The molecule has 3 fully saturated rings. The van der Waals surface area contributed by atoms with Crippen LogP contribution in [0.3, 0.4) is 0 Å². The molecule has 2 unspecified atom stereocenters. The monoisotopic (exact) mass is 222 g/mol. The van der Waals surface area contributed by atoms with Gasteiger partial charge in [-0.15, -0.1) is 0 Å². The molecule has 0 amide bonds. The van der Waals surface area contributed by atoms with E-state index in [1.165, 1.54) is 71.0 Å². The Morgan fingerprint density at radius 2 is 1.88 bits per heavy atom. The van der Waals surface area contributed by atoms with E-state index in [2.05, 4.69) is 10.2 Å². The second kappa shape index (κ2) is 5.05. The van der Waals surface area contributed by atoms with Gasteiger partial charge in [-0.3, -0.25) is 4.90 Å². The molecule has 1 N–H and O–H groups in total. The summed E-state index contributed by atoms with van der Waals surface area (Å²) in [5, 5.41) is 3.77. The van der Waals surface area contributed by atoms with Gasteiger partial charge < -0.3 is 5.32 Å². The van der Waals surface area contributed by atoms with Crippen molar-refractivity contribution in [2.24, 2.45) is 5.92 Å². The minimum absolute atomic E-state index is 0.841. The maximum absolute atomic E-state index is 3.77. The van der Waals surface area contributed by atoms with Crippen molar-refractivity contribution in [3.63, 3.8) is 0 Å². The highest BCUT2D eigenvalue weighted by atomic mass is 15.2. The van der Waals surface area contributed by atoms with Crippen LogP contribution in [0.2, 0.25) is 0 Å². The normalized spacial score (nSPS) is 36.0. The second-order valence-corrected chi connectivity index (χ2v) is 6.12. The number of nitrogens with one attached hydrogen (secondary N) is 1. The van der Waals surface area contributed by atoms with E-state index in [4.69, 9.17) is 0 Å². The summed E-state index contributed by atoms with van der Waals surface area (Å²) >= 11 is 0. The number of nitrogens with zero attached hydrogens (tertiary/aromatic N) is 1. The SMILES string of the molecule is C1CCC(NCCN2CC3CCC2C3)CC1. The van der Waals surface area contributed by atoms with Crippen LogP contribution in [0.5, 0.6) is 0 Å². The predicted octanol–water partition coefficient (Wildman–Crippen LogP) is 2.39. The molecule has 2 atom stereocenters. The average Bonchev–Trinajstić information content (AvgIpc) is 2.92. The third-order valence-corrected chi connectivity index (χ3v) is 4.96. The fourth-order valence-corrected chi connectivity index (χ4v) is 4.02. The highest BCUT2D eigenvalue weighted by molar-refractivity contribution is 4.92. The van der Waals surface area contributed by atoms with E-state index in [0.717, 1.165) is 18.0 Å². The van der Waals surface area contributed by atoms with E-state index in [-0.39, 0.29) is 0 Å². The zero-order chi connectivity index (χ0) is 10.8. The lowest BCUT2D eigenvalue weighted by Crippen LogP contribution is -2.41. The maximum atomic E-state index is 3.77. The van der Waals surface area contributed by atoms with E-state index < -0.39 is 0 Å². The Balaban J connectivity index is 1.34. The number of likely N-dealkylation sites (tertiary alicyclic amines) is 1. The van der Waals surface area contributed by atoms with Crippen molar-refractivity contribution in [1.29, 1.82) is 0 Å². The van der Waals surface area contributed by atoms with E-state index in [0.29, 0.717) is 0 Å². The van der Waals surface area contributed by atoms with Crippen LogP contribution >= 0.6 is 0 Å². The maximum Gasteiger partial charge on any atom is 0.0110 e. The molecule has 2 heteroatoms. The first kappa shape index (κ1) is 11.0. The van der Waals surface area contributed by atoms with Crippen molar-refractivity contribution < 1.29 is 0 Å². The molecule has 0 radical (unpaired) electrons. The van der Waals surface area contributed by atoms with E-state index in [1.54, 1.807) is 0 Å². The van der Waals surface area contributed by atoms with Gasteiger partial charge in [0.05, 0.1) is 0 Å². The third kappa shape index (κ3) is 2.43. The van der Waals surface area contributed by atoms with Crippen molar-refractivity contribution in [2.75, 3.05) is 19.6 Å². The van der Waals surface area contributed by atoms with E-state index in [9.17, 15) is 0 Å². The molecule has 2 bridgehead atoms. The quantitative estimate of drug-likeness (QED) is 0.786. The third-order valence-electron chi connectivity index (χ3n) is 4.96. The van der Waals surface area contributed by atoms with Crippen LogP contribution < -0.4 is 5.32 Å². The molecule has 2 saturated carbocycles. The minimum atomic E-state index is 0.841. The Morgan fingerprint density at radius 3 is 2.56 bits per heavy atom. The fourth-order valence-electron chi connectivity index (χ4n) is 4.02. The Kier molecular flexibility index (Phi) is 3.49. The molecule has 2 aliphatic carbocycles. The van der Waals surface area contributed by atoms with Crippen molar-refractivity contribution in [3.8, 4) is 0 Å². The van der Waals surface area contributed by atoms with Crippen LogP contribution in [0.25, 0.3) is 0 Å². The molecule has 1 saturated heterocycles.